The lowest BCUT2D eigenvalue weighted by Crippen LogP contribution is -2.49. The zero-order chi connectivity index (χ0) is 30.5. The van der Waals surface area contributed by atoms with Gasteiger partial charge in [0.15, 0.2) is 18.1 Å². The van der Waals surface area contributed by atoms with Gasteiger partial charge >= 0.3 is 0 Å². The molecule has 3 heterocycles. The maximum absolute atomic E-state index is 14.6. The first-order chi connectivity index (χ1) is 20.5. The molecule has 3 fully saturated rings. The lowest BCUT2D eigenvalue weighted by atomic mass is 9.52. The fourth-order valence-electron chi connectivity index (χ4n) is 6.79. The zero-order valence-electron chi connectivity index (χ0n) is 24.5. The number of Topliss-reactive ketones (excluding diaryl/α,β-unsaturated/α-hetero) is 1. The number of ether oxygens (including phenoxy) is 1. The van der Waals surface area contributed by atoms with Crippen LogP contribution in [0, 0.1) is 16.6 Å². The third kappa shape index (κ3) is 5.12. The molecule has 3 saturated carbocycles. The van der Waals surface area contributed by atoms with Crippen LogP contribution in [0.1, 0.15) is 85.8 Å². The van der Waals surface area contributed by atoms with Gasteiger partial charge in [0.05, 0.1) is 11.9 Å². The standard InChI is InChI=1S/C31H35FN6O5/c1-18(2)37-23-12-20(4-5-25(23)43-16-26(37)40)14-33-28(41)22-13-24(38-27(36-22)21(32)15-35-38)29(42)34-17-30-6-9-31(10-7-30,11-8-30)19(3)39/h4-5,12-13,15,18H,6-11,14,16-17H2,1-3H3,(H,33,41)(H,34,42). The van der Waals surface area contributed by atoms with E-state index in [1.807, 2.05) is 13.8 Å². The molecule has 226 valence electrons. The van der Waals surface area contributed by atoms with Crippen molar-refractivity contribution in [2.75, 3.05) is 18.1 Å². The van der Waals surface area contributed by atoms with Gasteiger partial charge in [0, 0.05) is 30.6 Å². The molecule has 43 heavy (non-hydrogen) atoms. The van der Waals surface area contributed by atoms with Crippen LogP contribution in [0.25, 0.3) is 5.65 Å². The number of fused-ring (bicyclic) bond motifs is 5. The first-order valence-electron chi connectivity index (χ1n) is 14.7. The molecule has 1 aromatic carbocycles. The van der Waals surface area contributed by atoms with Crippen molar-refractivity contribution in [1.29, 1.82) is 0 Å². The molecular weight excluding hydrogens is 555 g/mol. The molecule has 3 amide bonds. The van der Waals surface area contributed by atoms with Crippen LogP contribution in [0.15, 0.2) is 30.5 Å². The highest BCUT2D eigenvalue weighted by Gasteiger charge is 2.50. The minimum absolute atomic E-state index is 0.00262. The zero-order valence-corrected chi connectivity index (χ0v) is 24.5. The number of ketones is 1. The summed E-state index contributed by atoms with van der Waals surface area (Å²) in [6.07, 6.45) is 6.03. The van der Waals surface area contributed by atoms with Gasteiger partial charge in [-0.2, -0.15) is 5.10 Å². The van der Waals surface area contributed by atoms with Crippen LogP contribution in [0.5, 0.6) is 5.75 Å². The van der Waals surface area contributed by atoms with Crippen LogP contribution in [-0.2, 0) is 16.1 Å². The van der Waals surface area contributed by atoms with Gasteiger partial charge in [-0.1, -0.05) is 6.07 Å². The van der Waals surface area contributed by atoms with Crippen molar-refractivity contribution in [3.63, 3.8) is 0 Å². The second kappa shape index (κ2) is 10.7. The summed E-state index contributed by atoms with van der Waals surface area (Å²) in [5, 5.41) is 9.74. The number of aromatic nitrogens is 3. The summed E-state index contributed by atoms with van der Waals surface area (Å²) >= 11 is 0. The van der Waals surface area contributed by atoms with E-state index < -0.39 is 17.6 Å². The Hall–Kier alpha value is -4.35. The normalized spacial score (nSPS) is 22.8. The van der Waals surface area contributed by atoms with Crippen molar-refractivity contribution in [2.24, 2.45) is 10.8 Å². The lowest BCUT2D eigenvalue weighted by Gasteiger charge is -2.52. The molecule has 0 atom stereocenters. The van der Waals surface area contributed by atoms with Crippen LogP contribution in [0.4, 0.5) is 10.1 Å². The fourth-order valence-corrected chi connectivity index (χ4v) is 6.79. The topological polar surface area (TPSA) is 135 Å². The SMILES string of the molecule is CC(=O)C12CCC(CNC(=O)c3cc(C(=O)NCc4ccc5c(c4)N(C(C)C)C(=O)CO5)nc4c(F)cnn34)(CC1)CC2. The maximum atomic E-state index is 14.6. The molecule has 7 rings (SSSR count). The summed E-state index contributed by atoms with van der Waals surface area (Å²) < 4.78 is 21.2. The molecule has 2 aromatic heterocycles. The molecule has 2 N–H and O–H groups in total. The van der Waals surface area contributed by atoms with Crippen LogP contribution in [0.3, 0.4) is 0 Å². The second-order valence-electron chi connectivity index (χ2n) is 12.4. The molecule has 4 aliphatic rings. The van der Waals surface area contributed by atoms with Gasteiger partial charge in [-0.05, 0) is 82.4 Å². The van der Waals surface area contributed by atoms with E-state index in [0.717, 1.165) is 54.8 Å². The van der Waals surface area contributed by atoms with E-state index in [1.54, 1.807) is 30.0 Å². The van der Waals surface area contributed by atoms with Crippen molar-refractivity contribution >= 4 is 34.8 Å². The van der Waals surface area contributed by atoms with Gasteiger partial charge in [0.2, 0.25) is 0 Å². The summed E-state index contributed by atoms with van der Waals surface area (Å²) in [5.74, 6) is -1.14. The van der Waals surface area contributed by atoms with Crippen LogP contribution >= 0.6 is 0 Å². The Morgan fingerprint density at radius 3 is 2.44 bits per heavy atom. The van der Waals surface area contributed by atoms with Crippen LogP contribution in [-0.4, -0.2) is 57.3 Å². The van der Waals surface area contributed by atoms with Crippen LogP contribution < -0.4 is 20.3 Å². The number of anilines is 1. The summed E-state index contributed by atoms with van der Waals surface area (Å²) in [6.45, 7) is 6.00. The van der Waals surface area contributed by atoms with Gasteiger partial charge < -0.3 is 20.3 Å². The van der Waals surface area contributed by atoms with Gasteiger partial charge in [0.25, 0.3) is 17.7 Å². The molecule has 11 nitrogen and oxygen atoms in total. The quantitative estimate of drug-likeness (QED) is 0.409. The molecule has 0 spiro atoms. The van der Waals surface area contributed by atoms with E-state index >= 15 is 0 Å². The third-order valence-corrected chi connectivity index (χ3v) is 9.54. The largest absolute Gasteiger partial charge is 0.482 e. The molecule has 0 unspecified atom stereocenters. The average Bonchev–Trinajstić information content (AvgIpc) is 3.39. The third-order valence-electron chi connectivity index (χ3n) is 9.54. The molecular formula is C31H35FN6O5. The number of nitrogens with one attached hydrogen (secondary N) is 2. The molecule has 0 saturated heterocycles. The molecule has 3 aromatic rings. The first-order valence-corrected chi connectivity index (χ1v) is 14.7. The number of carbonyl (C=O) groups is 4. The Balaban J connectivity index is 1.18. The van der Waals surface area contributed by atoms with E-state index in [1.165, 1.54) is 6.07 Å². The number of carbonyl (C=O) groups excluding carboxylic acids is 4. The summed E-state index contributed by atoms with van der Waals surface area (Å²) in [4.78, 5) is 57.0. The highest BCUT2D eigenvalue weighted by molar-refractivity contribution is 5.99. The Bertz CT molecular complexity index is 1620. The molecule has 3 aliphatic carbocycles. The number of nitrogens with zero attached hydrogens (tertiary/aromatic N) is 4. The van der Waals surface area contributed by atoms with Crippen LogP contribution in [0.2, 0.25) is 0 Å². The summed E-state index contributed by atoms with van der Waals surface area (Å²) in [5.41, 5.74) is 0.697. The van der Waals surface area contributed by atoms with Crippen molar-refractivity contribution in [2.45, 2.75) is 71.9 Å². The highest BCUT2D eigenvalue weighted by atomic mass is 19.1. The lowest BCUT2D eigenvalue weighted by molar-refractivity contribution is -0.135. The fraction of sp³-hybridized carbons (Fsp3) is 0.484. The summed E-state index contributed by atoms with van der Waals surface area (Å²) in [7, 11) is 0. The number of amides is 3. The number of hydrogen-bond donors (Lipinski definition) is 2. The molecule has 0 radical (unpaired) electrons. The van der Waals surface area contributed by atoms with Gasteiger partial charge in [-0.25, -0.2) is 13.9 Å². The predicted molar refractivity (Wildman–Crippen MR) is 154 cm³/mol. The number of rotatable bonds is 8. The monoisotopic (exact) mass is 590 g/mol. The van der Waals surface area contributed by atoms with E-state index in [-0.39, 0.29) is 58.7 Å². The van der Waals surface area contributed by atoms with Gasteiger partial charge in [-0.15, -0.1) is 0 Å². The van der Waals surface area contributed by atoms with Crippen molar-refractivity contribution in [3.05, 3.63) is 53.2 Å². The van der Waals surface area contributed by atoms with E-state index in [0.29, 0.717) is 18.0 Å². The maximum Gasteiger partial charge on any atom is 0.270 e. The van der Waals surface area contributed by atoms with E-state index in [4.69, 9.17) is 4.74 Å². The van der Waals surface area contributed by atoms with E-state index in [9.17, 15) is 23.6 Å². The van der Waals surface area contributed by atoms with Crippen molar-refractivity contribution < 1.29 is 28.3 Å². The van der Waals surface area contributed by atoms with E-state index in [2.05, 4.69) is 20.7 Å². The minimum Gasteiger partial charge on any atom is -0.482 e. The molecule has 2 bridgehead atoms. The average molecular weight is 591 g/mol. The predicted octanol–water partition coefficient (Wildman–Crippen LogP) is 3.59. The number of hydrogen-bond acceptors (Lipinski definition) is 7. The summed E-state index contributed by atoms with van der Waals surface area (Å²) in [6, 6.07) is 6.57. The Morgan fingerprint density at radius 1 is 1.05 bits per heavy atom. The minimum atomic E-state index is -0.754. The van der Waals surface area contributed by atoms with Gasteiger partial charge in [-0.3, -0.25) is 19.2 Å². The Morgan fingerprint density at radius 2 is 1.77 bits per heavy atom. The molecule has 12 heteroatoms. The first kappa shape index (κ1) is 28.8. The smallest absolute Gasteiger partial charge is 0.270 e. The number of halogens is 1. The Labute approximate surface area is 248 Å². The molecule has 1 aliphatic heterocycles. The van der Waals surface area contributed by atoms with Crippen molar-refractivity contribution in [3.8, 4) is 5.75 Å². The van der Waals surface area contributed by atoms with Crippen molar-refractivity contribution in [1.82, 2.24) is 25.2 Å². The highest BCUT2D eigenvalue weighted by Crippen LogP contribution is 2.56. The Kier molecular flexibility index (Phi) is 7.18. The van der Waals surface area contributed by atoms with Gasteiger partial charge in [0.1, 0.15) is 22.9 Å². The second-order valence-corrected chi connectivity index (χ2v) is 12.4. The number of benzene rings is 1.